The number of nitrogens with zero attached hydrogens (tertiary/aromatic N) is 1. The summed E-state index contributed by atoms with van der Waals surface area (Å²) in [6.07, 6.45) is 12.4. The Morgan fingerprint density at radius 2 is 1.16 bits per heavy atom. The standard InChI is InChI=1S/C29H38F5NO8S2/c30-28(31,44(39,40)35(38)45(41,42)29(32,33)34)25(18-36)27(37)43-26-23(20-12-6-2-7-13-20)16-22(19-10-4-1-5-11-19)17-24(26)21-14-8-3-9-15-21/h16-21,25,38H,1-15H2. The Bertz CT molecular complexity index is 1410. The fourth-order valence-corrected chi connectivity index (χ4v) is 9.28. The summed E-state index contributed by atoms with van der Waals surface area (Å²) >= 11 is 0. The molecule has 0 amide bonds. The van der Waals surface area contributed by atoms with Gasteiger partial charge in [-0.2, -0.15) is 30.4 Å². The van der Waals surface area contributed by atoms with E-state index in [2.05, 4.69) is 0 Å². The number of sulfonamides is 2. The fraction of sp³-hybridized carbons (Fsp3) is 0.724. The second kappa shape index (κ2) is 13.9. The minimum absolute atomic E-state index is 0.0674. The summed E-state index contributed by atoms with van der Waals surface area (Å²) < 4.78 is 120. The lowest BCUT2D eigenvalue weighted by Crippen LogP contribution is -2.53. The van der Waals surface area contributed by atoms with Gasteiger partial charge < -0.3 is 9.53 Å². The second-order valence-electron chi connectivity index (χ2n) is 12.3. The molecule has 1 atom stereocenters. The van der Waals surface area contributed by atoms with Gasteiger partial charge in [-0.15, -0.1) is 0 Å². The molecule has 0 radical (unpaired) electrons. The maximum absolute atomic E-state index is 15.3. The van der Waals surface area contributed by atoms with Crippen LogP contribution in [0.1, 0.15) is 131 Å². The van der Waals surface area contributed by atoms with Crippen molar-refractivity contribution in [2.24, 2.45) is 5.92 Å². The van der Waals surface area contributed by atoms with Crippen LogP contribution in [0.5, 0.6) is 5.75 Å². The monoisotopic (exact) mass is 687 g/mol. The van der Waals surface area contributed by atoms with Crippen LogP contribution < -0.4 is 4.74 Å². The molecule has 3 saturated carbocycles. The van der Waals surface area contributed by atoms with Gasteiger partial charge in [0.05, 0.1) is 0 Å². The number of esters is 1. The van der Waals surface area contributed by atoms with Gasteiger partial charge in [0.25, 0.3) is 0 Å². The number of rotatable bonds is 10. The zero-order valence-electron chi connectivity index (χ0n) is 24.6. The quantitative estimate of drug-likeness (QED) is 0.0693. The van der Waals surface area contributed by atoms with Gasteiger partial charge in [-0.1, -0.05) is 69.9 Å². The molecule has 4 rings (SSSR count). The molecule has 3 aliphatic carbocycles. The fourth-order valence-electron chi connectivity index (χ4n) is 6.84. The first-order valence-electron chi connectivity index (χ1n) is 15.3. The van der Waals surface area contributed by atoms with E-state index in [9.17, 15) is 44.8 Å². The summed E-state index contributed by atoms with van der Waals surface area (Å²) in [7, 11) is -14.4. The first-order chi connectivity index (χ1) is 21.0. The molecular weight excluding hydrogens is 649 g/mol. The van der Waals surface area contributed by atoms with Crippen LogP contribution in [-0.4, -0.2) is 48.9 Å². The van der Waals surface area contributed by atoms with E-state index in [1.165, 1.54) is 0 Å². The van der Waals surface area contributed by atoms with Crippen LogP contribution in [-0.2, 0) is 29.6 Å². The van der Waals surface area contributed by atoms with Gasteiger partial charge >= 0.3 is 36.8 Å². The average molecular weight is 688 g/mol. The van der Waals surface area contributed by atoms with E-state index in [-0.39, 0.29) is 23.5 Å². The van der Waals surface area contributed by atoms with E-state index in [4.69, 9.17) is 4.74 Å². The van der Waals surface area contributed by atoms with Crippen molar-refractivity contribution in [1.29, 1.82) is 0 Å². The van der Waals surface area contributed by atoms with Crippen LogP contribution in [0.2, 0.25) is 0 Å². The Labute approximate surface area is 259 Å². The molecule has 1 N–H and O–H groups in total. The lowest BCUT2D eigenvalue weighted by Gasteiger charge is -2.32. The Kier molecular flexibility index (Phi) is 11.0. The van der Waals surface area contributed by atoms with Crippen LogP contribution in [0, 0.1) is 5.92 Å². The van der Waals surface area contributed by atoms with E-state index < -0.39 is 52.9 Å². The molecule has 0 heterocycles. The lowest BCUT2D eigenvalue weighted by atomic mass is 9.75. The van der Waals surface area contributed by atoms with E-state index in [1.54, 1.807) is 0 Å². The van der Waals surface area contributed by atoms with Gasteiger partial charge in [0.15, 0.2) is 5.92 Å². The third-order valence-electron chi connectivity index (χ3n) is 9.34. The molecule has 3 fully saturated rings. The van der Waals surface area contributed by atoms with Crippen molar-refractivity contribution in [3.05, 3.63) is 28.8 Å². The van der Waals surface area contributed by atoms with Crippen molar-refractivity contribution in [2.75, 3.05) is 0 Å². The van der Waals surface area contributed by atoms with Gasteiger partial charge in [0.1, 0.15) is 12.0 Å². The highest BCUT2D eigenvalue weighted by Crippen LogP contribution is 2.48. The summed E-state index contributed by atoms with van der Waals surface area (Å²) in [6, 6.07) is 3.80. The van der Waals surface area contributed by atoms with Crippen molar-refractivity contribution in [3.63, 3.8) is 0 Å². The van der Waals surface area contributed by atoms with Crippen molar-refractivity contribution in [3.8, 4) is 5.75 Å². The van der Waals surface area contributed by atoms with Crippen LogP contribution in [0.3, 0.4) is 0 Å². The summed E-state index contributed by atoms with van der Waals surface area (Å²) in [4.78, 5) is 25.1. The van der Waals surface area contributed by atoms with E-state index in [1.807, 2.05) is 12.1 Å². The molecule has 16 heteroatoms. The first kappa shape index (κ1) is 35.7. The van der Waals surface area contributed by atoms with Gasteiger partial charge in [-0.25, -0.2) is 8.42 Å². The predicted molar refractivity (Wildman–Crippen MR) is 152 cm³/mol. The zero-order valence-corrected chi connectivity index (χ0v) is 26.2. The average Bonchev–Trinajstić information content (AvgIpc) is 3.01. The molecule has 0 bridgehead atoms. The molecule has 0 aromatic heterocycles. The Morgan fingerprint density at radius 3 is 1.53 bits per heavy atom. The van der Waals surface area contributed by atoms with Crippen molar-refractivity contribution < 1.29 is 58.3 Å². The number of ether oxygens (including phenoxy) is 1. The number of carbonyl (C=O) groups is 2. The normalized spacial score (nSPS) is 21.0. The highest BCUT2D eigenvalue weighted by Gasteiger charge is 2.65. The molecule has 45 heavy (non-hydrogen) atoms. The summed E-state index contributed by atoms with van der Waals surface area (Å²) in [5.74, 6) is -5.79. The highest BCUT2D eigenvalue weighted by molar-refractivity contribution is 8.04. The molecule has 1 unspecified atom stereocenters. The predicted octanol–water partition coefficient (Wildman–Crippen LogP) is 7.01. The summed E-state index contributed by atoms with van der Waals surface area (Å²) in [6.45, 7) is 0. The minimum atomic E-state index is -7.25. The maximum Gasteiger partial charge on any atom is 0.514 e. The number of alkyl halides is 5. The van der Waals surface area contributed by atoms with Gasteiger partial charge in [0.2, 0.25) is 0 Å². The minimum Gasteiger partial charge on any atom is -0.425 e. The molecular formula is C29H38F5NO8S2. The number of halogens is 5. The highest BCUT2D eigenvalue weighted by atomic mass is 32.3. The molecule has 3 aliphatic rings. The number of hydrogen-bond acceptors (Lipinski definition) is 8. The van der Waals surface area contributed by atoms with Crippen LogP contribution in [0.15, 0.2) is 12.1 Å². The van der Waals surface area contributed by atoms with Gasteiger partial charge in [-0.05, 0) is 73.0 Å². The van der Waals surface area contributed by atoms with Crippen molar-refractivity contribution >= 4 is 32.3 Å². The smallest absolute Gasteiger partial charge is 0.425 e. The number of carbonyl (C=O) groups excluding carboxylic acids is 2. The van der Waals surface area contributed by atoms with Crippen molar-refractivity contribution in [2.45, 2.75) is 125 Å². The molecule has 1 aromatic rings. The van der Waals surface area contributed by atoms with Crippen LogP contribution >= 0.6 is 0 Å². The molecule has 0 spiro atoms. The SMILES string of the molecule is O=CC(C(=O)Oc1c(C2CCCCC2)cc(C2CCCCC2)cc1C1CCCCC1)C(F)(F)S(=O)(=O)N(O)S(=O)(=O)C(F)(F)F. The number of hydrogen-bond donors (Lipinski definition) is 1. The Morgan fingerprint density at radius 1 is 0.756 bits per heavy atom. The Balaban J connectivity index is 1.79. The largest absolute Gasteiger partial charge is 0.514 e. The summed E-state index contributed by atoms with van der Waals surface area (Å²) in [5.41, 5.74) is -4.31. The Hall–Kier alpha value is -2.17. The lowest BCUT2D eigenvalue weighted by molar-refractivity contribution is -0.149. The second-order valence-corrected chi connectivity index (χ2v) is 16.1. The molecule has 1 aromatic carbocycles. The van der Waals surface area contributed by atoms with Crippen LogP contribution in [0.25, 0.3) is 0 Å². The van der Waals surface area contributed by atoms with Gasteiger partial charge in [0, 0.05) is 3.87 Å². The zero-order chi connectivity index (χ0) is 33.2. The topological polar surface area (TPSA) is 135 Å². The van der Waals surface area contributed by atoms with Crippen LogP contribution in [0.4, 0.5) is 22.0 Å². The molecule has 0 aliphatic heterocycles. The molecule has 9 nitrogen and oxygen atoms in total. The maximum atomic E-state index is 15.3. The van der Waals surface area contributed by atoms with E-state index in [0.29, 0.717) is 36.8 Å². The number of aldehydes is 1. The third kappa shape index (κ3) is 7.23. The molecule has 254 valence electrons. The summed E-state index contributed by atoms with van der Waals surface area (Å²) in [5, 5.41) is 3.53. The van der Waals surface area contributed by atoms with E-state index >= 15 is 8.78 Å². The first-order valence-corrected chi connectivity index (χ1v) is 18.2. The van der Waals surface area contributed by atoms with E-state index in [0.717, 1.165) is 76.2 Å². The van der Waals surface area contributed by atoms with Crippen molar-refractivity contribution in [1.82, 2.24) is 3.87 Å². The van der Waals surface area contributed by atoms with Gasteiger partial charge in [-0.3, -0.25) is 10.0 Å². The number of benzene rings is 1. The third-order valence-corrected chi connectivity index (χ3v) is 12.9. The molecule has 0 saturated heterocycles.